The molecule has 2 saturated carbocycles. The van der Waals surface area contributed by atoms with Crippen LogP contribution in [0.5, 0.6) is 0 Å². The summed E-state index contributed by atoms with van der Waals surface area (Å²) in [4.78, 5) is 45.0. The first-order valence-electron chi connectivity index (χ1n) is 17.2. The van der Waals surface area contributed by atoms with Crippen LogP contribution in [0.15, 0.2) is 54.7 Å². The van der Waals surface area contributed by atoms with E-state index in [9.17, 15) is 9.59 Å². The zero-order valence-corrected chi connectivity index (χ0v) is 27.6. The highest BCUT2D eigenvalue weighted by Gasteiger charge is 2.50. The Morgan fingerprint density at radius 2 is 1.86 bits per heavy atom. The van der Waals surface area contributed by atoms with Crippen LogP contribution in [0.25, 0.3) is 16.4 Å². The Kier molecular flexibility index (Phi) is 6.16. The molecule has 3 aliphatic heterocycles. The molecule has 2 atom stereocenters. The lowest BCUT2D eigenvalue weighted by Crippen LogP contribution is -2.66. The lowest BCUT2D eigenvalue weighted by Gasteiger charge is -2.56. The molecule has 2 aliphatic carbocycles. The molecule has 7 heterocycles. The van der Waals surface area contributed by atoms with Gasteiger partial charge in [-0.2, -0.15) is 5.10 Å². The van der Waals surface area contributed by atoms with Crippen molar-refractivity contribution >= 4 is 45.6 Å². The Balaban J connectivity index is 0.950. The number of urea groups is 1. The number of benzene rings is 1. The maximum absolute atomic E-state index is 13.0. The van der Waals surface area contributed by atoms with E-state index in [0.717, 1.165) is 90.6 Å². The summed E-state index contributed by atoms with van der Waals surface area (Å²) in [7, 11) is 1.53. The lowest BCUT2D eigenvalue weighted by molar-refractivity contribution is -0.126. The Hall–Kier alpha value is -5.10. The number of rotatable bonds is 8. The fraction of sp³-hybridized carbons (Fsp3) is 0.405. The smallest absolute Gasteiger partial charge is 0.332 e. The number of fused-ring (bicyclic) bond motifs is 2. The van der Waals surface area contributed by atoms with Crippen LogP contribution in [0.3, 0.4) is 0 Å². The van der Waals surface area contributed by atoms with E-state index in [1.807, 2.05) is 25.3 Å². The third-order valence-corrected chi connectivity index (χ3v) is 10.9. The number of imide groups is 1. The van der Waals surface area contributed by atoms with Crippen molar-refractivity contribution < 1.29 is 14.3 Å². The molecule has 3 amide bonds. The van der Waals surface area contributed by atoms with Gasteiger partial charge in [0.1, 0.15) is 18.2 Å². The number of likely N-dealkylation sites (N-methyl/N-ethyl adjacent to an activating group) is 1. The maximum atomic E-state index is 13.0. The first-order chi connectivity index (χ1) is 23.8. The topological polar surface area (TPSA) is 121 Å². The normalized spacial score (nSPS) is 22.7. The van der Waals surface area contributed by atoms with E-state index in [1.54, 1.807) is 4.52 Å². The molecule has 1 aromatic carbocycles. The molecule has 5 fully saturated rings. The minimum atomic E-state index is -0.324. The standard InChI is InChI=1S/C37H37N9O3/c1-21-7-8-38-35(40-21)29-13-28(29)31-14-32(44-17-37(18-44)19-49-20-37)27-6-5-24(12-30(27)41-31)39-15-25-11-26-9-23(22-3-4-22)10-33(46(26)42-25)45-16-34(47)43(2)36(45)48/h5-12,14,22,28-29,39H,3-4,13,15-20H2,1-2H3/t28-,29-/m0/s1. The van der Waals surface area contributed by atoms with E-state index in [2.05, 4.69) is 51.6 Å². The second kappa shape index (κ2) is 10.4. The van der Waals surface area contributed by atoms with Crippen LogP contribution in [0.1, 0.15) is 65.5 Å². The first kappa shape index (κ1) is 28.9. The van der Waals surface area contributed by atoms with Crippen LogP contribution in [0, 0.1) is 12.3 Å². The van der Waals surface area contributed by atoms with Gasteiger partial charge in [0.2, 0.25) is 0 Å². The molecular formula is C37H37N9O3. The Labute approximate surface area is 283 Å². The molecule has 0 unspecified atom stereocenters. The number of aromatic nitrogens is 5. The number of pyridine rings is 2. The van der Waals surface area contributed by atoms with Crippen molar-refractivity contribution in [2.75, 3.05) is 55.0 Å². The van der Waals surface area contributed by atoms with Crippen molar-refractivity contribution in [1.29, 1.82) is 0 Å². The second-order valence-corrected chi connectivity index (χ2v) is 14.7. The molecule has 3 saturated heterocycles. The maximum Gasteiger partial charge on any atom is 0.332 e. The number of anilines is 3. The molecular weight excluding hydrogens is 618 g/mol. The van der Waals surface area contributed by atoms with Crippen LogP contribution in [0.2, 0.25) is 0 Å². The molecule has 248 valence electrons. The minimum Gasteiger partial charge on any atom is -0.380 e. The van der Waals surface area contributed by atoms with E-state index in [-0.39, 0.29) is 24.4 Å². The Morgan fingerprint density at radius 1 is 1.00 bits per heavy atom. The first-order valence-corrected chi connectivity index (χ1v) is 17.2. The molecule has 5 aromatic rings. The number of nitrogens with one attached hydrogen (secondary N) is 1. The van der Waals surface area contributed by atoms with Crippen LogP contribution < -0.4 is 15.1 Å². The summed E-state index contributed by atoms with van der Waals surface area (Å²) in [5.74, 6) is 2.41. The van der Waals surface area contributed by atoms with E-state index in [1.165, 1.54) is 28.1 Å². The summed E-state index contributed by atoms with van der Waals surface area (Å²) in [6.45, 7) is 6.23. The number of carbonyl (C=O) groups is 2. The van der Waals surface area contributed by atoms with Gasteiger partial charge in [0.25, 0.3) is 5.91 Å². The Bertz CT molecular complexity index is 2200. The van der Waals surface area contributed by atoms with Crippen molar-refractivity contribution in [2.45, 2.75) is 50.5 Å². The lowest BCUT2D eigenvalue weighted by atomic mass is 9.77. The largest absolute Gasteiger partial charge is 0.380 e. The van der Waals surface area contributed by atoms with Crippen molar-refractivity contribution in [3.8, 4) is 0 Å². The number of hydrogen-bond donors (Lipinski definition) is 1. The molecule has 12 heteroatoms. The average Bonchev–Trinajstić information content (AvgIpc) is 3.99. The SMILES string of the molecule is Cc1ccnc([C@H]2C[C@@H]2c2cc(N3CC4(COC4)C3)c3ccc(NCc4cc5cc(C6CC6)cc(N6CC(=O)N(C)C6=O)n5n4)cc3n2)n1. The predicted octanol–water partition coefficient (Wildman–Crippen LogP) is 4.98. The van der Waals surface area contributed by atoms with Gasteiger partial charge >= 0.3 is 6.03 Å². The zero-order valence-electron chi connectivity index (χ0n) is 27.6. The van der Waals surface area contributed by atoms with Crippen molar-refractivity contribution in [3.05, 3.63) is 83.2 Å². The molecule has 4 aromatic heterocycles. The summed E-state index contributed by atoms with van der Waals surface area (Å²) in [6.07, 6.45) is 5.13. The van der Waals surface area contributed by atoms with Gasteiger partial charge in [0, 0.05) is 66.3 Å². The molecule has 49 heavy (non-hydrogen) atoms. The van der Waals surface area contributed by atoms with Gasteiger partial charge in [-0.3, -0.25) is 19.6 Å². The third kappa shape index (κ3) is 4.83. The number of carbonyl (C=O) groups excluding carboxylic acids is 2. The molecule has 0 radical (unpaired) electrons. The van der Waals surface area contributed by atoms with Gasteiger partial charge in [-0.05, 0) is 86.2 Å². The van der Waals surface area contributed by atoms with Gasteiger partial charge in [0.15, 0.2) is 0 Å². The summed E-state index contributed by atoms with van der Waals surface area (Å²) in [6, 6.07) is 16.6. The van der Waals surface area contributed by atoms with E-state index in [0.29, 0.717) is 29.6 Å². The quantitative estimate of drug-likeness (QED) is 0.231. The van der Waals surface area contributed by atoms with Gasteiger partial charge in [-0.15, -0.1) is 0 Å². The molecule has 5 aliphatic rings. The van der Waals surface area contributed by atoms with Gasteiger partial charge in [0.05, 0.1) is 41.9 Å². The number of ether oxygens (including phenoxy) is 1. The van der Waals surface area contributed by atoms with E-state index in [4.69, 9.17) is 19.8 Å². The van der Waals surface area contributed by atoms with Crippen LogP contribution in [0.4, 0.5) is 22.0 Å². The van der Waals surface area contributed by atoms with Crippen LogP contribution in [-0.4, -0.2) is 81.3 Å². The number of amides is 3. The van der Waals surface area contributed by atoms with Gasteiger partial charge in [-0.1, -0.05) is 0 Å². The van der Waals surface area contributed by atoms with Gasteiger partial charge in [-0.25, -0.2) is 19.3 Å². The number of nitrogens with zero attached hydrogens (tertiary/aromatic N) is 8. The summed E-state index contributed by atoms with van der Waals surface area (Å²) >= 11 is 0. The van der Waals surface area contributed by atoms with Crippen LogP contribution >= 0.6 is 0 Å². The summed E-state index contributed by atoms with van der Waals surface area (Å²) in [5.41, 5.74) is 8.50. The molecule has 1 N–H and O–H groups in total. The van der Waals surface area contributed by atoms with Crippen molar-refractivity contribution in [1.82, 2.24) is 29.5 Å². The zero-order chi connectivity index (χ0) is 33.0. The molecule has 10 rings (SSSR count). The predicted molar refractivity (Wildman–Crippen MR) is 184 cm³/mol. The van der Waals surface area contributed by atoms with Crippen molar-refractivity contribution in [2.24, 2.45) is 5.41 Å². The fourth-order valence-corrected chi connectivity index (χ4v) is 7.81. The highest BCUT2D eigenvalue weighted by atomic mass is 16.5. The highest BCUT2D eigenvalue weighted by Crippen LogP contribution is 2.54. The van der Waals surface area contributed by atoms with Crippen LogP contribution in [-0.2, 0) is 16.1 Å². The third-order valence-electron chi connectivity index (χ3n) is 10.9. The second-order valence-electron chi connectivity index (χ2n) is 14.7. The average molecular weight is 656 g/mol. The number of aryl methyl sites for hydroxylation is 1. The fourth-order valence-electron chi connectivity index (χ4n) is 7.81. The number of hydrogen-bond acceptors (Lipinski definition) is 9. The van der Waals surface area contributed by atoms with E-state index >= 15 is 0 Å². The highest BCUT2D eigenvalue weighted by molar-refractivity contribution is 6.11. The summed E-state index contributed by atoms with van der Waals surface area (Å²) < 4.78 is 7.36. The molecule has 1 spiro atoms. The molecule has 12 nitrogen and oxygen atoms in total. The van der Waals surface area contributed by atoms with Crippen molar-refractivity contribution in [3.63, 3.8) is 0 Å². The summed E-state index contributed by atoms with van der Waals surface area (Å²) in [5, 5.41) is 9.62. The van der Waals surface area contributed by atoms with Gasteiger partial charge < -0.3 is 15.0 Å². The van der Waals surface area contributed by atoms with E-state index < -0.39 is 0 Å². The Morgan fingerprint density at radius 3 is 2.59 bits per heavy atom. The molecule has 0 bridgehead atoms. The monoisotopic (exact) mass is 655 g/mol. The minimum absolute atomic E-state index is 0.0197.